The minimum Gasteiger partial charge on any atom is -0.481 e. The van der Waals surface area contributed by atoms with Crippen molar-refractivity contribution in [2.45, 2.75) is 64.6 Å². The molecule has 2 fully saturated rings. The zero-order valence-corrected chi connectivity index (χ0v) is 12.4. The molecule has 0 spiro atoms. The van der Waals surface area contributed by atoms with Crippen LogP contribution in [0.4, 0.5) is 0 Å². The van der Waals surface area contributed by atoms with Gasteiger partial charge in [-0.05, 0) is 45.7 Å². The first-order valence-corrected chi connectivity index (χ1v) is 7.83. The minimum atomic E-state index is -0.607. The summed E-state index contributed by atoms with van der Waals surface area (Å²) in [6, 6.07) is 0.987. The zero-order valence-electron chi connectivity index (χ0n) is 12.4. The molecule has 0 aromatic carbocycles. The van der Waals surface area contributed by atoms with Crippen LogP contribution in [0.2, 0.25) is 0 Å². The van der Waals surface area contributed by atoms with Gasteiger partial charge in [-0.15, -0.1) is 0 Å². The van der Waals surface area contributed by atoms with Gasteiger partial charge in [-0.2, -0.15) is 0 Å². The Morgan fingerprint density at radius 3 is 2.37 bits per heavy atom. The predicted molar refractivity (Wildman–Crippen MR) is 76.2 cm³/mol. The van der Waals surface area contributed by atoms with Gasteiger partial charge < -0.3 is 15.3 Å². The minimum absolute atomic E-state index is 0.190. The van der Waals surface area contributed by atoms with E-state index in [-0.39, 0.29) is 17.9 Å². The SMILES string of the molecule is CCCN(CCC)C(C)C1C(C(=O)O)[C@H]2CC[C@@H]1N2. The molecular formula is C15H28N2O2. The summed E-state index contributed by atoms with van der Waals surface area (Å²) in [6.07, 6.45) is 4.45. The first kappa shape index (κ1) is 14.8. The van der Waals surface area contributed by atoms with Crippen LogP contribution in [-0.2, 0) is 4.79 Å². The third-order valence-corrected chi connectivity index (χ3v) is 4.97. The van der Waals surface area contributed by atoms with E-state index in [0.717, 1.165) is 38.8 Å². The molecule has 2 aliphatic rings. The molecule has 110 valence electrons. The first-order valence-electron chi connectivity index (χ1n) is 7.83. The van der Waals surface area contributed by atoms with Crippen LogP contribution in [0.3, 0.4) is 0 Å². The highest BCUT2D eigenvalue weighted by Gasteiger charge is 2.53. The van der Waals surface area contributed by atoms with Crippen molar-refractivity contribution in [2.75, 3.05) is 13.1 Å². The second-order valence-corrected chi connectivity index (χ2v) is 6.17. The molecule has 4 nitrogen and oxygen atoms in total. The van der Waals surface area contributed by atoms with Crippen LogP contribution in [0.15, 0.2) is 0 Å². The Morgan fingerprint density at radius 1 is 1.26 bits per heavy atom. The zero-order chi connectivity index (χ0) is 14.0. The summed E-state index contributed by atoms with van der Waals surface area (Å²) in [6.45, 7) is 8.78. The molecule has 2 bridgehead atoms. The Morgan fingerprint density at radius 2 is 1.84 bits per heavy atom. The highest BCUT2D eigenvalue weighted by Crippen LogP contribution is 2.41. The lowest BCUT2D eigenvalue weighted by Crippen LogP contribution is -2.48. The van der Waals surface area contributed by atoms with E-state index >= 15 is 0 Å². The van der Waals surface area contributed by atoms with Crippen molar-refractivity contribution in [3.63, 3.8) is 0 Å². The number of nitrogens with one attached hydrogen (secondary N) is 1. The average molecular weight is 268 g/mol. The van der Waals surface area contributed by atoms with E-state index in [2.05, 4.69) is 31.0 Å². The highest BCUT2D eigenvalue weighted by molar-refractivity contribution is 5.72. The number of hydrogen-bond acceptors (Lipinski definition) is 3. The average Bonchev–Trinajstić information content (AvgIpc) is 2.97. The van der Waals surface area contributed by atoms with Gasteiger partial charge in [-0.1, -0.05) is 13.8 Å². The maximum Gasteiger partial charge on any atom is 0.308 e. The molecule has 19 heavy (non-hydrogen) atoms. The lowest BCUT2D eigenvalue weighted by Gasteiger charge is -2.38. The van der Waals surface area contributed by atoms with Gasteiger partial charge in [0, 0.05) is 24.0 Å². The number of carbonyl (C=O) groups is 1. The lowest BCUT2D eigenvalue weighted by atomic mass is 9.75. The van der Waals surface area contributed by atoms with Gasteiger partial charge in [-0.25, -0.2) is 0 Å². The predicted octanol–water partition coefficient (Wildman–Crippen LogP) is 1.95. The number of nitrogens with zero attached hydrogens (tertiary/aromatic N) is 1. The van der Waals surface area contributed by atoms with Crippen molar-refractivity contribution in [3.05, 3.63) is 0 Å². The number of hydrogen-bond donors (Lipinski definition) is 2. The summed E-state index contributed by atoms with van der Waals surface area (Å²) in [5, 5.41) is 13.1. The Hall–Kier alpha value is -0.610. The fraction of sp³-hybridized carbons (Fsp3) is 0.933. The number of aliphatic carboxylic acids is 1. The number of carboxylic acids is 1. The van der Waals surface area contributed by atoms with E-state index in [4.69, 9.17) is 0 Å². The fourth-order valence-electron chi connectivity index (χ4n) is 4.22. The molecule has 2 rings (SSSR count). The molecule has 0 amide bonds. The molecule has 5 atom stereocenters. The molecule has 0 radical (unpaired) electrons. The van der Waals surface area contributed by atoms with Crippen molar-refractivity contribution in [2.24, 2.45) is 11.8 Å². The smallest absolute Gasteiger partial charge is 0.308 e. The van der Waals surface area contributed by atoms with Crippen LogP contribution in [0.25, 0.3) is 0 Å². The van der Waals surface area contributed by atoms with Gasteiger partial charge in [0.15, 0.2) is 0 Å². The van der Waals surface area contributed by atoms with Crippen LogP contribution in [0.1, 0.15) is 46.5 Å². The fourth-order valence-corrected chi connectivity index (χ4v) is 4.22. The quantitative estimate of drug-likeness (QED) is 0.741. The van der Waals surface area contributed by atoms with Gasteiger partial charge in [0.25, 0.3) is 0 Å². The monoisotopic (exact) mass is 268 g/mol. The van der Waals surface area contributed by atoms with Crippen LogP contribution in [-0.4, -0.2) is 47.2 Å². The van der Waals surface area contributed by atoms with Crippen molar-refractivity contribution in [1.82, 2.24) is 10.2 Å². The molecule has 0 aromatic rings. The normalized spacial score (nSPS) is 34.9. The molecule has 2 N–H and O–H groups in total. The summed E-state index contributed by atoms with van der Waals surface area (Å²) < 4.78 is 0. The Kier molecular flexibility index (Phi) is 4.85. The third-order valence-electron chi connectivity index (χ3n) is 4.97. The molecule has 3 unspecified atom stereocenters. The Bertz CT molecular complexity index is 315. The highest BCUT2D eigenvalue weighted by atomic mass is 16.4. The molecule has 2 saturated heterocycles. The molecule has 2 heterocycles. The maximum absolute atomic E-state index is 11.6. The Balaban J connectivity index is 2.11. The van der Waals surface area contributed by atoms with Gasteiger partial charge >= 0.3 is 5.97 Å². The van der Waals surface area contributed by atoms with Crippen molar-refractivity contribution in [1.29, 1.82) is 0 Å². The second kappa shape index (κ2) is 6.23. The topological polar surface area (TPSA) is 52.6 Å². The summed E-state index contributed by atoms with van der Waals surface area (Å²) in [4.78, 5) is 14.1. The second-order valence-electron chi connectivity index (χ2n) is 6.17. The number of fused-ring (bicyclic) bond motifs is 2. The summed E-state index contributed by atoms with van der Waals surface area (Å²) in [5.74, 6) is -0.524. The van der Waals surface area contributed by atoms with Crippen LogP contribution >= 0.6 is 0 Å². The van der Waals surface area contributed by atoms with Gasteiger partial charge in [0.05, 0.1) is 5.92 Å². The van der Waals surface area contributed by atoms with Crippen LogP contribution < -0.4 is 5.32 Å². The van der Waals surface area contributed by atoms with Gasteiger partial charge in [-0.3, -0.25) is 4.79 Å². The van der Waals surface area contributed by atoms with E-state index in [1.54, 1.807) is 0 Å². The van der Waals surface area contributed by atoms with Crippen molar-refractivity contribution >= 4 is 5.97 Å². The van der Waals surface area contributed by atoms with E-state index in [9.17, 15) is 9.90 Å². The molecular weight excluding hydrogens is 240 g/mol. The molecule has 4 heteroatoms. The summed E-state index contributed by atoms with van der Waals surface area (Å²) >= 11 is 0. The summed E-state index contributed by atoms with van der Waals surface area (Å²) in [5.41, 5.74) is 0. The van der Waals surface area contributed by atoms with E-state index in [0.29, 0.717) is 12.1 Å². The maximum atomic E-state index is 11.6. The molecule has 0 aliphatic carbocycles. The van der Waals surface area contributed by atoms with E-state index in [1.165, 1.54) is 0 Å². The standard InChI is InChI=1S/C15H28N2O2/c1-4-8-17(9-5-2)10(3)13-11-6-7-12(16-11)14(13)15(18)19/h10-14,16H,4-9H2,1-3H3,(H,18,19)/t10?,11-,12+,13?,14?/m0/s1. The van der Waals surface area contributed by atoms with Crippen LogP contribution in [0, 0.1) is 11.8 Å². The number of carboxylic acid groups (broad SMARTS) is 1. The lowest BCUT2D eigenvalue weighted by molar-refractivity contribution is -0.145. The van der Waals surface area contributed by atoms with E-state index in [1.807, 2.05) is 0 Å². The molecule has 2 aliphatic heterocycles. The van der Waals surface area contributed by atoms with Gasteiger partial charge in [0.1, 0.15) is 0 Å². The Labute approximate surface area is 116 Å². The third kappa shape index (κ3) is 2.79. The van der Waals surface area contributed by atoms with Crippen molar-refractivity contribution in [3.8, 4) is 0 Å². The van der Waals surface area contributed by atoms with Crippen molar-refractivity contribution < 1.29 is 9.90 Å². The van der Waals surface area contributed by atoms with Gasteiger partial charge in [0.2, 0.25) is 0 Å². The number of rotatable bonds is 7. The van der Waals surface area contributed by atoms with Crippen LogP contribution in [0.5, 0.6) is 0 Å². The molecule has 0 saturated carbocycles. The first-order chi connectivity index (χ1) is 9.10. The largest absolute Gasteiger partial charge is 0.481 e. The van der Waals surface area contributed by atoms with E-state index < -0.39 is 5.97 Å². The molecule has 0 aromatic heterocycles. The summed E-state index contributed by atoms with van der Waals surface area (Å²) in [7, 11) is 0.